The quantitative estimate of drug-likeness (QED) is 0.842. The van der Waals surface area contributed by atoms with Crippen LogP contribution >= 0.6 is 0 Å². The van der Waals surface area contributed by atoms with Crippen molar-refractivity contribution in [3.05, 3.63) is 40.4 Å². The Bertz CT molecular complexity index is 839. The number of aromatic nitrogens is 2. The Balaban J connectivity index is 1.59. The van der Waals surface area contributed by atoms with E-state index >= 15 is 0 Å². The number of fused-ring (bicyclic) bond motifs is 1. The highest BCUT2D eigenvalue weighted by Crippen LogP contribution is 2.32. The van der Waals surface area contributed by atoms with Gasteiger partial charge < -0.3 is 14.2 Å². The van der Waals surface area contributed by atoms with Gasteiger partial charge in [0.15, 0.2) is 0 Å². The van der Waals surface area contributed by atoms with Crippen LogP contribution < -0.4 is 4.90 Å². The number of nitriles is 1. The third kappa shape index (κ3) is 3.19. The van der Waals surface area contributed by atoms with Crippen LogP contribution in [0, 0.1) is 24.2 Å². The molecule has 0 spiro atoms. The lowest BCUT2D eigenvalue weighted by molar-refractivity contribution is 0.0812. The summed E-state index contributed by atoms with van der Waals surface area (Å²) in [6.45, 7) is 3.48. The molecule has 1 aliphatic heterocycles. The average Bonchev–Trinajstić information content (AvgIpc) is 3.26. The predicted molar refractivity (Wildman–Crippen MR) is 97.0 cm³/mol. The predicted octanol–water partition coefficient (Wildman–Crippen LogP) is 2.82. The van der Waals surface area contributed by atoms with Crippen LogP contribution in [0.5, 0.6) is 0 Å². The van der Waals surface area contributed by atoms with Crippen LogP contribution in [0.2, 0.25) is 0 Å². The molecule has 4 rings (SSSR count). The maximum Gasteiger partial charge on any atom is 0.146 e. The van der Waals surface area contributed by atoms with E-state index in [1.165, 1.54) is 18.4 Å². The van der Waals surface area contributed by atoms with Crippen molar-refractivity contribution in [1.29, 1.82) is 5.26 Å². The zero-order valence-electron chi connectivity index (χ0n) is 15.4. The number of rotatable bonds is 4. The first-order chi connectivity index (χ1) is 12.7. The summed E-state index contributed by atoms with van der Waals surface area (Å²) in [7, 11) is 1.75. The SMILES string of the molecule is CO[C@H]1CN(c2nc3c(cc2C#N)CCCC3)C[C@H]1Cc1cc(C)no1. The maximum absolute atomic E-state index is 9.64. The third-order valence-corrected chi connectivity index (χ3v) is 5.52. The Kier molecular flexibility index (Phi) is 4.64. The van der Waals surface area contributed by atoms with Crippen molar-refractivity contribution in [3.8, 4) is 6.07 Å². The molecule has 6 nitrogen and oxygen atoms in total. The van der Waals surface area contributed by atoms with Gasteiger partial charge in [-0.3, -0.25) is 0 Å². The van der Waals surface area contributed by atoms with Crippen molar-refractivity contribution in [2.24, 2.45) is 5.92 Å². The Hall–Kier alpha value is -2.39. The first-order valence-electron chi connectivity index (χ1n) is 9.30. The van der Waals surface area contributed by atoms with Crippen LogP contribution in [0.15, 0.2) is 16.7 Å². The van der Waals surface area contributed by atoms with Crippen molar-refractivity contribution in [2.75, 3.05) is 25.1 Å². The van der Waals surface area contributed by atoms with Crippen LogP contribution in [0.25, 0.3) is 0 Å². The van der Waals surface area contributed by atoms with Gasteiger partial charge in [0.05, 0.1) is 17.4 Å². The number of aryl methyl sites for hydroxylation is 3. The first-order valence-corrected chi connectivity index (χ1v) is 9.30. The molecule has 26 heavy (non-hydrogen) atoms. The molecule has 0 amide bonds. The molecule has 0 aromatic carbocycles. The molecular formula is C20H24N4O2. The van der Waals surface area contributed by atoms with Crippen molar-refractivity contribution in [2.45, 2.75) is 45.1 Å². The van der Waals surface area contributed by atoms with E-state index in [1.807, 2.05) is 19.1 Å². The minimum atomic E-state index is 0.0878. The summed E-state index contributed by atoms with van der Waals surface area (Å²) in [5, 5.41) is 13.6. The number of nitrogens with zero attached hydrogens (tertiary/aromatic N) is 4. The van der Waals surface area contributed by atoms with Gasteiger partial charge in [-0.05, 0) is 44.2 Å². The number of pyridine rings is 1. The second-order valence-corrected chi connectivity index (χ2v) is 7.36. The summed E-state index contributed by atoms with van der Waals surface area (Å²) in [5.41, 5.74) is 3.98. The Morgan fingerprint density at radius 1 is 1.31 bits per heavy atom. The van der Waals surface area contributed by atoms with E-state index in [0.717, 1.165) is 55.3 Å². The van der Waals surface area contributed by atoms with E-state index in [-0.39, 0.29) is 12.0 Å². The van der Waals surface area contributed by atoms with Gasteiger partial charge in [0.2, 0.25) is 0 Å². The molecular weight excluding hydrogens is 328 g/mol. The van der Waals surface area contributed by atoms with E-state index in [0.29, 0.717) is 5.56 Å². The molecule has 136 valence electrons. The number of hydrogen-bond acceptors (Lipinski definition) is 6. The number of anilines is 1. The van der Waals surface area contributed by atoms with Crippen LogP contribution in [-0.4, -0.2) is 36.4 Å². The minimum Gasteiger partial charge on any atom is -0.379 e. The molecule has 0 radical (unpaired) electrons. The van der Waals surface area contributed by atoms with Gasteiger partial charge in [0, 0.05) is 44.3 Å². The fourth-order valence-corrected chi connectivity index (χ4v) is 4.19. The Labute approximate surface area is 153 Å². The summed E-state index contributed by atoms with van der Waals surface area (Å²) in [5.74, 6) is 1.98. The van der Waals surface area contributed by atoms with Crippen molar-refractivity contribution < 1.29 is 9.26 Å². The standard InChI is InChI=1S/C20H24N4O2/c1-13-7-17(26-23-13)9-16-11-24(12-19(16)25-2)20-15(10-21)8-14-5-3-4-6-18(14)22-20/h7-8,16,19H,3-6,9,11-12H2,1-2H3/t16-,19+/m1/s1. The number of ether oxygens (including phenoxy) is 1. The van der Waals surface area contributed by atoms with Crippen LogP contribution in [-0.2, 0) is 24.0 Å². The van der Waals surface area contributed by atoms with Gasteiger partial charge in [-0.15, -0.1) is 0 Å². The molecule has 1 fully saturated rings. The lowest BCUT2D eigenvalue weighted by Gasteiger charge is -2.22. The molecule has 2 aliphatic rings. The molecule has 2 aromatic heterocycles. The van der Waals surface area contributed by atoms with Gasteiger partial charge in [-0.25, -0.2) is 4.98 Å². The highest BCUT2D eigenvalue weighted by Gasteiger charge is 2.35. The second-order valence-electron chi connectivity index (χ2n) is 7.36. The molecule has 2 atom stereocenters. The number of methoxy groups -OCH3 is 1. The summed E-state index contributed by atoms with van der Waals surface area (Å²) in [6.07, 6.45) is 5.28. The first kappa shape index (κ1) is 17.0. The smallest absolute Gasteiger partial charge is 0.146 e. The molecule has 1 aliphatic carbocycles. The van der Waals surface area contributed by atoms with Crippen LogP contribution in [0.3, 0.4) is 0 Å². The fourth-order valence-electron chi connectivity index (χ4n) is 4.19. The largest absolute Gasteiger partial charge is 0.379 e. The molecule has 0 unspecified atom stereocenters. The summed E-state index contributed by atoms with van der Waals surface area (Å²) in [4.78, 5) is 7.10. The number of hydrogen-bond donors (Lipinski definition) is 0. The zero-order valence-corrected chi connectivity index (χ0v) is 15.4. The van der Waals surface area contributed by atoms with E-state index in [9.17, 15) is 5.26 Å². The molecule has 0 saturated carbocycles. The van der Waals surface area contributed by atoms with Gasteiger partial charge in [-0.1, -0.05) is 5.16 Å². The van der Waals surface area contributed by atoms with Gasteiger partial charge in [-0.2, -0.15) is 5.26 Å². The zero-order chi connectivity index (χ0) is 18.1. The molecule has 1 saturated heterocycles. The summed E-state index contributed by atoms with van der Waals surface area (Å²) >= 11 is 0. The second kappa shape index (κ2) is 7.08. The van der Waals surface area contributed by atoms with E-state index < -0.39 is 0 Å². The Morgan fingerprint density at radius 2 is 2.15 bits per heavy atom. The molecule has 0 N–H and O–H groups in total. The Morgan fingerprint density at radius 3 is 2.88 bits per heavy atom. The third-order valence-electron chi connectivity index (χ3n) is 5.52. The molecule has 2 aromatic rings. The van der Waals surface area contributed by atoms with Gasteiger partial charge in [0.25, 0.3) is 0 Å². The fraction of sp³-hybridized carbons (Fsp3) is 0.550. The highest BCUT2D eigenvalue weighted by atomic mass is 16.5. The van der Waals surface area contributed by atoms with Gasteiger partial charge in [0.1, 0.15) is 17.6 Å². The molecule has 0 bridgehead atoms. The topological polar surface area (TPSA) is 75.2 Å². The highest BCUT2D eigenvalue weighted by molar-refractivity contribution is 5.57. The lowest BCUT2D eigenvalue weighted by atomic mass is 9.95. The normalized spacial score (nSPS) is 22.3. The van der Waals surface area contributed by atoms with E-state index in [2.05, 4.69) is 16.1 Å². The van der Waals surface area contributed by atoms with Crippen molar-refractivity contribution in [1.82, 2.24) is 10.1 Å². The lowest BCUT2D eigenvalue weighted by Crippen LogP contribution is -2.25. The van der Waals surface area contributed by atoms with E-state index in [1.54, 1.807) is 7.11 Å². The average molecular weight is 352 g/mol. The van der Waals surface area contributed by atoms with Crippen molar-refractivity contribution >= 4 is 5.82 Å². The summed E-state index contributed by atoms with van der Waals surface area (Å²) in [6, 6.07) is 6.38. The van der Waals surface area contributed by atoms with Crippen LogP contribution in [0.4, 0.5) is 5.82 Å². The van der Waals surface area contributed by atoms with Crippen LogP contribution in [0.1, 0.15) is 41.1 Å². The summed E-state index contributed by atoms with van der Waals surface area (Å²) < 4.78 is 11.1. The maximum atomic E-state index is 9.64. The van der Waals surface area contributed by atoms with Gasteiger partial charge >= 0.3 is 0 Å². The minimum absolute atomic E-state index is 0.0878. The molecule has 3 heterocycles. The van der Waals surface area contributed by atoms with Crippen molar-refractivity contribution in [3.63, 3.8) is 0 Å². The monoisotopic (exact) mass is 352 g/mol. The molecule has 6 heteroatoms. The van der Waals surface area contributed by atoms with E-state index in [4.69, 9.17) is 14.2 Å².